The van der Waals surface area contributed by atoms with Gasteiger partial charge < -0.3 is 9.84 Å². The monoisotopic (exact) mass is 301 g/mol. The van der Waals surface area contributed by atoms with Crippen LogP contribution in [0.15, 0.2) is 18.2 Å². The summed E-state index contributed by atoms with van der Waals surface area (Å²) in [5.74, 6) is -1.04. The second kappa shape index (κ2) is 5.22. The maximum Gasteiger partial charge on any atom is 0.412 e. The van der Waals surface area contributed by atoms with Gasteiger partial charge in [0.15, 0.2) is 0 Å². The van der Waals surface area contributed by atoms with Gasteiger partial charge in [0.1, 0.15) is 17.6 Å². The molecule has 6 heteroatoms. The Kier molecular flexibility index (Phi) is 3.93. The number of halogens is 2. The topological polar surface area (TPSA) is 49.8 Å². The zero-order valence-corrected chi connectivity index (χ0v) is 12.3. The summed E-state index contributed by atoms with van der Waals surface area (Å²) < 4.78 is 19.0. The Morgan fingerprint density at radius 3 is 2.70 bits per heavy atom. The number of aliphatic hydroxyl groups excluding tert-OH is 1. The second-order valence-electron chi connectivity index (χ2n) is 5.80. The predicted octanol–water partition coefficient (Wildman–Crippen LogP) is 3.13. The highest BCUT2D eigenvalue weighted by molar-refractivity contribution is 6.30. The van der Waals surface area contributed by atoms with Crippen LogP contribution >= 0.6 is 11.6 Å². The molecule has 0 aliphatic carbocycles. The van der Waals surface area contributed by atoms with Crippen molar-refractivity contribution < 1.29 is 19.0 Å². The first-order chi connectivity index (χ1) is 9.20. The third-order valence-electron chi connectivity index (χ3n) is 3.08. The molecule has 0 spiro atoms. The molecule has 1 N–H and O–H groups in total. The van der Waals surface area contributed by atoms with Crippen molar-refractivity contribution in [1.29, 1.82) is 0 Å². The van der Waals surface area contributed by atoms with Crippen LogP contribution in [-0.4, -0.2) is 34.5 Å². The Morgan fingerprint density at radius 2 is 2.15 bits per heavy atom. The number of carbonyl (C=O) groups is 1. The van der Waals surface area contributed by atoms with Gasteiger partial charge in [0.25, 0.3) is 0 Å². The highest BCUT2D eigenvalue weighted by Crippen LogP contribution is 2.36. The van der Waals surface area contributed by atoms with Gasteiger partial charge >= 0.3 is 6.09 Å². The molecule has 4 nitrogen and oxygen atoms in total. The zero-order chi connectivity index (χ0) is 15.1. The molecular formula is C14H17ClFNO3. The fourth-order valence-corrected chi connectivity index (χ4v) is 2.24. The Labute approximate surface area is 122 Å². The summed E-state index contributed by atoms with van der Waals surface area (Å²) in [6.45, 7) is 5.43. The molecule has 2 atom stereocenters. The lowest BCUT2D eigenvalue weighted by molar-refractivity contribution is -0.0970. The molecule has 1 saturated heterocycles. The SMILES string of the molecule is CC(C)(C)OC(=O)N1C[C@H](c2cccc(Cl)c2F)[C@@H]1O. The third kappa shape index (κ3) is 2.88. The number of ether oxygens (including phenoxy) is 1. The first-order valence-electron chi connectivity index (χ1n) is 6.32. The average molecular weight is 302 g/mol. The standard InChI is InChI=1S/C14H17ClFNO3/c1-14(2,3)20-13(19)17-7-9(12(17)18)8-5-4-6-10(15)11(8)16/h4-6,9,12,18H,7H2,1-3H3/t9-,12+/m1/s1. The van der Waals surface area contributed by atoms with Crippen molar-refractivity contribution in [2.45, 2.75) is 38.5 Å². The summed E-state index contributed by atoms with van der Waals surface area (Å²) in [5.41, 5.74) is -0.326. The molecule has 1 aliphatic rings. The summed E-state index contributed by atoms with van der Waals surface area (Å²) in [7, 11) is 0. The molecule has 2 rings (SSSR count). The molecule has 0 unspecified atom stereocenters. The molecule has 1 aliphatic heterocycles. The summed E-state index contributed by atoms with van der Waals surface area (Å²) >= 11 is 5.71. The van der Waals surface area contributed by atoms with E-state index < -0.39 is 29.7 Å². The number of nitrogens with zero attached hydrogens (tertiary/aromatic N) is 1. The maximum absolute atomic E-state index is 13.9. The number of rotatable bonds is 1. The van der Waals surface area contributed by atoms with Gasteiger partial charge in [0.05, 0.1) is 5.02 Å². The van der Waals surface area contributed by atoms with Gasteiger partial charge in [-0.2, -0.15) is 0 Å². The van der Waals surface area contributed by atoms with Crippen LogP contribution in [0.1, 0.15) is 32.3 Å². The minimum atomic E-state index is -1.10. The molecule has 1 aromatic carbocycles. The Bertz CT molecular complexity index is 530. The van der Waals surface area contributed by atoms with E-state index in [1.54, 1.807) is 32.9 Å². The molecule has 20 heavy (non-hydrogen) atoms. The first-order valence-corrected chi connectivity index (χ1v) is 6.70. The van der Waals surface area contributed by atoms with Gasteiger partial charge in [-0.05, 0) is 32.4 Å². The van der Waals surface area contributed by atoms with E-state index in [9.17, 15) is 14.3 Å². The molecule has 0 saturated carbocycles. The van der Waals surface area contributed by atoms with Crippen molar-refractivity contribution in [2.75, 3.05) is 6.54 Å². The van der Waals surface area contributed by atoms with Crippen molar-refractivity contribution in [3.8, 4) is 0 Å². The predicted molar refractivity (Wildman–Crippen MR) is 73.1 cm³/mol. The number of amides is 1. The van der Waals surface area contributed by atoms with Crippen molar-refractivity contribution in [3.05, 3.63) is 34.6 Å². The Morgan fingerprint density at radius 1 is 1.50 bits per heavy atom. The van der Waals surface area contributed by atoms with Crippen molar-refractivity contribution in [3.63, 3.8) is 0 Å². The lowest BCUT2D eigenvalue weighted by atomic mass is 9.89. The zero-order valence-electron chi connectivity index (χ0n) is 11.6. The number of aliphatic hydroxyl groups is 1. The lowest BCUT2D eigenvalue weighted by Gasteiger charge is -2.44. The largest absolute Gasteiger partial charge is 0.444 e. The smallest absolute Gasteiger partial charge is 0.412 e. The van der Waals surface area contributed by atoms with Gasteiger partial charge in [-0.3, -0.25) is 4.90 Å². The van der Waals surface area contributed by atoms with Gasteiger partial charge in [-0.1, -0.05) is 23.7 Å². The van der Waals surface area contributed by atoms with E-state index in [2.05, 4.69) is 0 Å². The van der Waals surface area contributed by atoms with E-state index in [1.807, 2.05) is 0 Å². The maximum atomic E-state index is 13.9. The number of carbonyl (C=O) groups excluding carboxylic acids is 1. The third-order valence-corrected chi connectivity index (χ3v) is 3.37. The van der Waals surface area contributed by atoms with Crippen LogP contribution in [0, 0.1) is 5.82 Å². The molecule has 1 amide bonds. The summed E-state index contributed by atoms with van der Waals surface area (Å²) in [6.07, 6.45) is -1.71. The molecule has 1 fully saturated rings. The quantitative estimate of drug-likeness (QED) is 0.867. The number of likely N-dealkylation sites (tertiary alicyclic amines) is 1. The minimum Gasteiger partial charge on any atom is -0.444 e. The molecule has 110 valence electrons. The van der Waals surface area contributed by atoms with Crippen molar-refractivity contribution in [1.82, 2.24) is 4.90 Å². The fraction of sp³-hybridized carbons (Fsp3) is 0.500. The van der Waals surface area contributed by atoms with E-state index in [1.165, 1.54) is 6.07 Å². The number of hydrogen-bond acceptors (Lipinski definition) is 3. The van der Waals surface area contributed by atoms with Crippen LogP contribution in [0.4, 0.5) is 9.18 Å². The normalized spacial score (nSPS) is 22.4. The van der Waals surface area contributed by atoms with Crippen LogP contribution in [0.25, 0.3) is 0 Å². The van der Waals surface area contributed by atoms with E-state index in [0.29, 0.717) is 5.56 Å². The van der Waals surface area contributed by atoms with Crippen molar-refractivity contribution >= 4 is 17.7 Å². The van der Waals surface area contributed by atoms with Crippen LogP contribution < -0.4 is 0 Å². The van der Waals surface area contributed by atoms with Gasteiger partial charge in [-0.25, -0.2) is 9.18 Å². The summed E-state index contributed by atoms with van der Waals surface area (Å²) in [5, 5.41) is 10.0. The highest BCUT2D eigenvalue weighted by atomic mass is 35.5. The fourth-order valence-electron chi connectivity index (χ4n) is 2.06. The molecule has 1 aromatic rings. The van der Waals surface area contributed by atoms with E-state index in [-0.39, 0.29) is 11.6 Å². The Hall–Kier alpha value is -1.33. The molecule has 1 heterocycles. The molecular weight excluding hydrogens is 285 g/mol. The van der Waals surface area contributed by atoms with Crippen LogP contribution in [-0.2, 0) is 4.74 Å². The van der Waals surface area contributed by atoms with Gasteiger partial charge in [-0.15, -0.1) is 0 Å². The van der Waals surface area contributed by atoms with E-state index in [0.717, 1.165) is 4.90 Å². The van der Waals surface area contributed by atoms with Crippen LogP contribution in [0.5, 0.6) is 0 Å². The minimum absolute atomic E-state index is 0.00502. The van der Waals surface area contributed by atoms with E-state index >= 15 is 0 Å². The molecule has 0 aromatic heterocycles. The van der Waals surface area contributed by atoms with E-state index in [4.69, 9.17) is 16.3 Å². The number of hydrogen-bond donors (Lipinski definition) is 1. The molecule has 0 radical (unpaired) electrons. The van der Waals surface area contributed by atoms with Gasteiger partial charge in [0, 0.05) is 12.5 Å². The van der Waals surface area contributed by atoms with Crippen molar-refractivity contribution in [2.24, 2.45) is 0 Å². The first kappa shape index (κ1) is 15.1. The molecule has 0 bridgehead atoms. The van der Waals surface area contributed by atoms with Crippen LogP contribution in [0.2, 0.25) is 5.02 Å². The van der Waals surface area contributed by atoms with Crippen LogP contribution in [0.3, 0.4) is 0 Å². The summed E-state index contributed by atoms with van der Waals surface area (Å²) in [4.78, 5) is 13.0. The summed E-state index contributed by atoms with van der Waals surface area (Å²) in [6, 6.07) is 4.61. The average Bonchev–Trinajstić information content (AvgIpc) is 2.30. The number of benzene rings is 1. The van der Waals surface area contributed by atoms with Gasteiger partial charge in [0.2, 0.25) is 0 Å². The second-order valence-corrected chi connectivity index (χ2v) is 6.20. The highest BCUT2D eigenvalue weighted by Gasteiger charge is 2.44. The lowest BCUT2D eigenvalue weighted by Crippen LogP contribution is -2.58. The Balaban J connectivity index is 2.07.